The highest BCUT2D eigenvalue weighted by molar-refractivity contribution is 8.18. The lowest BCUT2D eigenvalue weighted by atomic mass is 10.2. The Kier molecular flexibility index (Phi) is 6.25. The van der Waals surface area contributed by atoms with E-state index in [9.17, 15) is 19.2 Å². The third-order valence-electron chi connectivity index (χ3n) is 3.93. The lowest BCUT2D eigenvalue weighted by molar-refractivity contribution is -0.127. The first-order valence-corrected chi connectivity index (χ1v) is 9.36. The van der Waals surface area contributed by atoms with Crippen LogP contribution in [0.1, 0.15) is 15.9 Å². The van der Waals surface area contributed by atoms with Crippen molar-refractivity contribution in [1.29, 1.82) is 0 Å². The van der Waals surface area contributed by atoms with Crippen LogP contribution in [0.25, 0.3) is 6.08 Å². The monoisotopic (exact) mass is 408 g/mol. The summed E-state index contributed by atoms with van der Waals surface area (Å²) in [6.07, 6.45) is 5.03. The summed E-state index contributed by atoms with van der Waals surface area (Å²) in [4.78, 5) is 48.6. The molecule has 0 unspecified atom stereocenters. The maximum absolute atomic E-state index is 12.4. The van der Waals surface area contributed by atoms with Crippen LogP contribution in [0.2, 0.25) is 0 Å². The lowest BCUT2D eigenvalue weighted by Gasteiger charge is -2.12. The molecule has 0 aromatic heterocycles. The van der Waals surface area contributed by atoms with Crippen LogP contribution in [0.5, 0.6) is 0 Å². The Hall–Kier alpha value is -3.65. The second-order valence-corrected chi connectivity index (χ2v) is 6.98. The van der Waals surface area contributed by atoms with Gasteiger partial charge < -0.3 is 10.4 Å². The molecule has 0 saturated carbocycles. The topological polar surface area (TPSA) is 104 Å². The minimum atomic E-state index is -1.08. The van der Waals surface area contributed by atoms with Gasteiger partial charge in [0.2, 0.25) is 5.91 Å². The number of thioether (sulfide) groups is 1. The molecule has 3 amide bonds. The number of carboxylic acids is 1. The molecule has 2 aromatic rings. The molecule has 2 aromatic carbocycles. The van der Waals surface area contributed by atoms with Crippen LogP contribution in [0.15, 0.2) is 71.7 Å². The molecule has 1 heterocycles. The number of carboxylic acid groups (broad SMARTS) is 1. The highest BCUT2D eigenvalue weighted by atomic mass is 32.2. The fraction of sp³-hybridized carbons (Fsp3) is 0.0476. The first-order chi connectivity index (χ1) is 13.9. The number of amides is 3. The molecule has 0 atom stereocenters. The summed E-state index contributed by atoms with van der Waals surface area (Å²) in [7, 11) is 0. The van der Waals surface area contributed by atoms with Crippen LogP contribution >= 0.6 is 11.8 Å². The number of imide groups is 1. The predicted molar refractivity (Wildman–Crippen MR) is 110 cm³/mol. The summed E-state index contributed by atoms with van der Waals surface area (Å²) in [5, 5.41) is 10.9. The smallest absolute Gasteiger partial charge is 0.335 e. The zero-order valence-corrected chi connectivity index (χ0v) is 15.9. The SMILES string of the molecule is O=C(CN1C(=O)SC(=CC=Cc2ccccc2)C1=O)Nc1ccc(C(=O)O)cc1. The second kappa shape index (κ2) is 9.03. The van der Waals surface area contributed by atoms with Crippen molar-refractivity contribution in [1.82, 2.24) is 4.90 Å². The number of carbonyl (C=O) groups is 4. The minimum absolute atomic E-state index is 0.0858. The second-order valence-electron chi connectivity index (χ2n) is 5.99. The normalized spacial score (nSPS) is 15.3. The van der Waals surface area contributed by atoms with Crippen molar-refractivity contribution < 1.29 is 24.3 Å². The van der Waals surface area contributed by atoms with Gasteiger partial charge in [-0.1, -0.05) is 42.5 Å². The van der Waals surface area contributed by atoms with Crippen molar-refractivity contribution in [3.05, 3.63) is 82.8 Å². The molecule has 8 heteroatoms. The van der Waals surface area contributed by atoms with E-state index in [0.29, 0.717) is 5.69 Å². The van der Waals surface area contributed by atoms with E-state index in [1.54, 1.807) is 12.2 Å². The maximum atomic E-state index is 12.4. The van der Waals surface area contributed by atoms with E-state index in [0.717, 1.165) is 22.2 Å². The molecule has 0 bridgehead atoms. The number of benzene rings is 2. The van der Waals surface area contributed by atoms with Gasteiger partial charge in [-0.25, -0.2) is 4.79 Å². The minimum Gasteiger partial charge on any atom is -0.478 e. The largest absolute Gasteiger partial charge is 0.478 e. The number of carbonyl (C=O) groups excluding carboxylic acids is 3. The van der Waals surface area contributed by atoms with Crippen molar-refractivity contribution in [2.75, 3.05) is 11.9 Å². The number of hydrogen-bond donors (Lipinski definition) is 2. The Labute approximate surface area is 170 Å². The molecular weight excluding hydrogens is 392 g/mol. The number of allylic oxidation sites excluding steroid dienone is 2. The average molecular weight is 408 g/mol. The van der Waals surface area contributed by atoms with E-state index in [4.69, 9.17) is 5.11 Å². The van der Waals surface area contributed by atoms with E-state index in [2.05, 4.69) is 5.32 Å². The number of aromatic carboxylic acids is 1. The molecular formula is C21H16N2O5S. The Morgan fingerprint density at radius 1 is 1.03 bits per heavy atom. The van der Waals surface area contributed by atoms with Crippen molar-refractivity contribution >= 4 is 46.5 Å². The molecule has 0 radical (unpaired) electrons. The zero-order valence-electron chi connectivity index (χ0n) is 15.1. The molecule has 29 heavy (non-hydrogen) atoms. The number of anilines is 1. The predicted octanol–water partition coefficient (Wildman–Crippen LogP) is 3.62. The van der Waals surface area contributed by atoms with Gasteiger partial charge in [0.05, 0.1) is 10.5 Å². The third-order valence-corrected chi connectivity index (χ3v) is 4.85. The van der Waals surface area contributed by atoms with E-state index >= 15 is 0 Å². The molecule has 0 aliphatic carbocycles. The van der Waals surface area contributed by atoms with Crippen molar-refractivity contribution in [3.8, 4) is 0 Å². The fourth-order valence-corrected chi connectivity index (χ4v) is 3.29. The van der Waals surface area contributed by atoms with E-state index in [-0.39, 0.29) is 10.5 Å². The van der Waals surface area contributed by atoms with E-state index in [1.807, 2.05) is 36.4 Å². The molecule has 7 nitrogen and oxygen atoms in total. The first kappa shape index (κ1) is 20.1. The Bertz CT molecular complexity index is 1010. The van der Waals surface area contributed by atoms with Gasteiger partial charge in [0.15, 0.2) is 0 Å². The van der Waals surface area contributed by atoms with E-state index < -0.39 is 29.6 Å². The highest BCUT2D eigenvalue weighted by Gasteiger charge is 2.35. The van der Waals surface area contributed by atoms with Gasteiger partial charge in [-0.2, -0.15) is 0 Å². The molecule has 0 spiro atoms. The van der Waals surface area contributed by atoms with Crippen LogP contribution in [-0.4, -0.2) is 39.6 Å². The third kappa shape index (κ3) is 5.20. The van der Waals surface area contributed by atoms with Crippen LogP contribution in [0.3, 0.4) is 0 Å². The molecule has 146 valence electrons. The van der Waals surface area contributed by atoms with Gasteiger partial charge in [-0.3, -0.25) is 19.3 Å². The highest BCUT2D eigenvalue weighted by Crippen LogP contribution is 2.30. The molecule has 1 saturated heterocycles. The zero-order chi connectivity index (χ0) is 20.8. The fourth-order valence-electron chi connectivity index (χ4n) is 2.50. The quantitative estimate of drug-likeness (QED) is 0.708. The molecule has 1 fully saturated rings. The first-order valence-electron chi connectivity index (χ1n) is 8.54. The molecule has 1 aliphatic rings. The number of hydrogen-bond acceptors (Lipinski definition) is 5. The standard InChI is InChI=1S/C21H16N2O5S/c24-18(22-16-11-9-15(10-12-16)20(26)27)13-23-19(25)17(29-21(23)28)8-4-7-14-5-2-1-3-6-14/h1-12H,13H2,(H,22,24)(H,26,27). The maximum Gasteiger partial charge on any atom is 0.335 e. The summed E-state index contributed by atoms with van der Waals surface area (Å²) in [5.41, 5.74) is 1.41. The summed E-state index contributed by atoms with van der Waals surface area (Å²) >= 11 is 0.772. The number of rotatable bonds is 6. The summed E-state index contributed by atoms with van der Waals surface area (Å²) in [6.45, 7) is -0.426. The van der Waals surface area contributed by atoms with Crippen molar-refractivity contribution in [2.24, 2.45) is 0 Å². The molecule has 3 rings (SSSR count). The van der Waals surface area contributed by atoms with Gasteiger partial charge in [-0.05, 0) is 47.7 Å². The van der Waals surface area contributed by atoms with E-state index in [1.165, 1.54) is 24.3 Å². The Balaban J connectivity index is 1.60. The lowest BCUT2D eigenvalue weighted by Crippen LogP contribution is -2.36. The van der Waals surface area contributed by atoms with Gasteiger partial charge in [0, 0.05) is 5.69 Å². The van der Waals surface area contributed by atoms with Crippen molar-refractivity contribution in [2.45, 2.75) is 0 Å². The van der Waals surface area contributed by atoms with Crippen LogP contribution in [0, 0.1) is 0 Å². The van der Waals surface area contributed by atoms with Gasteiger partial charge in [0.1, 0.15) is 6.54 Å². The summed E-state index contributed by atoms with van der Waals surface area (Å²) < 4.78 is 0. The summed E-state index contributed by atoms with van der Waals surface area (Å²) in [6, 6.07) is 15.1. The number of nitrogens with zero attached hydrogens (tertiary/aromatic N) is 1. The van der Waals surface area contributed by atoms with Crippen LogP contribution in [-0.2, 0) is 9.59 Å². The van der Waals surface area contributed by atoms with Crippen molar-refractivity contribution in [3.63, 3.8) is 0 Å². The Morgan fingerprint density at radius 2 is 1.72 bits per heavy atom. The van der Waals surface area contributed by atoms with Crippen LogP contribution in [0.4, 0.5) is 10.5 Å². The van der Waals surface area contributed by atoms with Crippen LogP contribution < -0.4 is 5.32 Å². The van der Waals surface area contributed by atoms with Gasteiger partial charge in [-0.15, -0.1) is 0 Å². The van der Waals surface area contributed by atoms with Gasteiger partial charge in [0.25, 0.3) is 11.1 Å². The van der Waals surface area contributed by atoms with Gasteiger partial charge >= 0.3 is 5.97 Å². The Morgan fingerprint density at radius 3 is 2.38 bits per heavy atom. The molecule has 1 aliphatic heterocycles. The average Bonchev–Trinajstić information content (AvgIpc) is 2.97. The number of nitrogens with one attached hydrogen (secondary N) is 1. The molecule has 2 N–H and O–H groups in total. The summed E-state index contributed by atoms with van der Waals surface area (Å²) in [5.74, 6) is -2.17.